The van der Waals surface area contributed by atoms with E-state index in [0.29, 0.717) is 11.0 Å². The Kier molecular flexibility index (Phi) is 7.65. The van der Waals surface area contributed by atoms with Gasteiger partial charge in [0.2, 0.25) is 0 Å². The van der Waals surface area contributed by atoms with Crippen molar-refractivity contribution in [2.75, 3.05) is 34.3 Å². The molecule has 1 N–H and O–H groups in total. The molecule has 0 bridgehead atoms. The molecule has 0 saturated carbocycles. The molecule has 0 radical (unpaired) electrons. The van der Waals surface area contributed by atoms with Crippen molar-refractivity contribution in [3.63, 3.8) is 0 Å². The molecule has 1 aromatic carbocycles. The van der Waals surface area contributed by atoms with E-state index < -0.39 is 46.4 Å². The Labute approximate surface area is 162 Å². The minimum absolute atomic E-state index is 0.116. The lowest BCUT2D eigenvalue weighted by atomic mass is 10.0. The third-order valence-electron chi connectivity index (χ3n) is 3.36. The summed E-state index contributed by atoms with van der Waals surface area (Å²) in [6.07, 6.45) is -6.72. The van der Waals surface area contributed by atoms with Crippen LogP contribution in [0.25, 0.3) is 0 Å². The highest BCUT2D eigenvalue weighted by Gasteiger charge is 2.44. The van der Waals surface area contributed by atoms with Gasteiger partial charge in [-0.3, -0.25) is 10.1 Å². The summed E-state index contributed by atoms with van der Waals surface area (Å²) in [5.41, 5.74) is -1.17. The highest BCUT2D eigenvalue weighted by Crippen LogP contribution is 2.27. The molecule has 1 aromatic rings. The molecule has 0 aliphatic heterocycles. The SMILES string of the molecule is C[N+](C)(C)CCOC(=O)NC(C(=O)OC(=O)C(F)(F)F)c1ccccc1[N+](=O)[O-]. The number of esters is 2. The molecule has 0 aliphatic carbocycles. The average Bonchev–Trinajstić information content (AvgIpc) is 2.57. The smallest absolute Gasteiger partial charge is 0.444 e. The van der Waals surface area contributed by atoms with Gasteiger partial charge in [-0.2, -0.15) is 13.2 Å². The summed E-state index contributed by atoms with van der Waals surface area (Å²) in [5, 5.41) is 13.1. The summed E-state index contributed by atoms with van der Waals surface area (Å²) in [5.74, 6) is -4.68. The largest absolute Gasteiger partial charge is 0.491 e. The van der Waals surface area contributed by atoms with E-state index in [1.54, 1.807) is 21.1 Å². The molecule has 13 heteroatoms. The van der Waals surface area contributed by atoms with Gasteiger partial charge in [-0.1, -0.05) is 12.1 Å². The fourth-order valence-electron chi connectivity index (χ4n) is 1.94. The number of nitrogens with zero attached hydrogens (tertiary/aromatic N) is 2. The zero-order valence-corrected chi connectivity index (χ0v) is 15.7. The first-order chi connectivity index (χ1) is 13.2. The molecule has 10 nitrogen and oxygen atoms in total. The van der Waals surface area contributed by atoms with E-state index in [2.05, 4.69) is 4.74 Å². The number of rotatable bonds is 7. The van der Waals surface area contributed by atoms with Crippen molar-refractivity contribution in [3.8, 4) is 0 Å². The third-order valence-corrected chi connectivity index (χ3v) is 3.36. The van der Waals surface area contributed by atoms with Gasteiger partial charge in [0.25, 0.3) is 5.69 Å². The maximum atomic E-state index is 12.4. The Bertz CT molecular complexity index is 791. The van der Waals surface area contributed by atoms with Crippen molar-refractivity contribution in [2.24, 2.45) is 0 Å². The van der Waals surface area contributed by atoms with Gasteiger partial charge in [0.1, 0.15) is 13.2 Å². The molecule has 0 fully saturated rings. The third kappa shape index (κ3) is 7.73. The van der Waals surface area contributed by atoms with E-state index in [1.165, 1.54) is 12.1 Å². The lowest BCUT2D eigenvalue weighted by Crippen LogP contribution is -2.41. The number of quaternary nitrogens is 1. The van der Waals surface area contributed by atoms with Gasteiger partial charge in [-0.15, -0.1) is 0 Å². The van der Waals surface area contributed by atoms with E-state index in [-0.39, 0.29) is 6.61 Å². The summed E-state index contributed by atoms with van der Waals surface area (Å²) in [6, 6.07) is 2.39. The van der Waals surface area contributed by atoms with Crippen molar-refractivity contribution < 1.29 is 46.4 Å². The normalized spacial score (nSPS) is 12.6. The van der Waals surface area contributed by atoms with Crippen LogP contribution < -0.4 is 5.32 Å². The zero-order chi connectivity index (χ0) is 22.4. The highest BCUT2D eigenvalue weighted by atomic mass is 19.4. The average molecular weight is 422 g/mol. The second-order valence-electron chi connectivity index (χ2n) is 6.75. The van der Waals surface area contributed by atoms with Crippen LogP contribution in [0.5, 0.6) is 0 Å². The maximum absolute atomic E-state index is 12.4. The first-order valence-electron chi connectivity index (χ1n) is 8.02. The number of hydrogen-bond donors (Lipinski definition) is 1. The number of carbonyl (C=O) groups is 3. The first-order valence-corrected chi connectivity index (χ1v) is 8.02. The second-order valence-corrected chi connectivity index (χ2v) is 6.75. The number of halogens is 3. The van der Waals surface area contributed by atoms with Crippen molar-refractivity contribution in [1.82, 2.24) is 5.32 Å². The van der Waals surface area contributed by atoms with Crippen molar-refractivity contribution in [3.05, 3.63) is 39.9 Å². The van der Waals surface area contributed by atoms with Gasteiger partial charge >= 0.3 is 24.2 Å². The number of nitro benzene ring substituents is 1. The standard InChI is InChI=1S/C16H18F3N3O7/c1-22(2,3)8-9-28-15(25)20-12(13(23)29-14(24)16(17,18)19)10-6-4-5-7-11(10)21(26)27/h4-7,12H,8-9H2,1-3H3/p+1. The Morgan fingerprint density at radius 3 is 2.31 bits per heavy atom. The van der Waals surface area contributed by atoms with Gasteiger partial charge in [-0.05, 0) is 6.07 Å². The van der Waals surface area contributed by atoms with E-state index in [1.807, 2.05) is 5.32 Å². The summed E-state index contributed by atoms with van der Waals surface area (Å²) < 4.78 is 46.1. The molecular formula is C16H19F3N3O7+. The number of alkyl carbamates (subject to hydrolysis) is 1. The van der Waals surface area contributed by atoms with Crippen LogP contribution in [0, 0.1) is 10.1 Å². The molecule has 1 rings (SSSR count). The van der Waals surface area contributed by atoms with Gasteiger partial charge in [0.05, 0.1) is 31.6 Å². The van der Waals surface area contributed by atoms with Crippen molar-refractivity contribution in [1.29, 1.82) is 0 Å². The number of nitrogens with one attached hydrogen (secondary N) is 1. The van der Waals surface area contributed by atoms with E-state index in [9.17, 15) is 37.7 Å². The Morgan fingerprint density at radius 2 is 1.79 bits per heavy atom. The van der Waals surface area contributed by atoms with Crippen LogP contribution in [0.3, 0.4) is 0 Å². The van der Waals surface area contributed by atoms with Crippen LogP contribution in [0.1, 0.15) is 11.6 Å². The number of para-hydroxylation sites is 1. The van der Waals surface area contributed by atoms with Crippen LogP contribution >= 0.6 is 0 Å². The zero-order valence-electron chi connectivity index (χ0n) is 15.7. The highest BCUT2D eigenvalue weighted by molar-refractivity contribution is 5.93. The summed E-state index contributed by atoms with van der Waals surface area (Å²) >= 11 is 0. The minimum atomic E-state index is -5.48. The van der Waals surface area contributed by atoms with Crippen molar-refractivity contribution >= 4 is 23.7 Å². The fourth-order valence-corrected chi connectivity index (χ4v) is 1.94. The minimum Gasteiger partial charge on any atom is -0.444 e. The number of alkyl halides is 3. The van der Waals surface area contributed by atoms with Gasteiger partial charge in [-0.25, -0.2) is 14.4 Å². The molecule has 29 heavy (non-hydrogen) atoms. The molecule has 0 aliphatic rings. The maximum Gasteiger partial charge on any atom is 0.491 e. The number of likely N-dealkylation sites (N-methyl/N-ethyl adjacent to an activating group) is 1. The molecule has 1 atom stereocenters. The molecule has 0 heterocycles. The predicted molar refractivity (Wildman–Crippen MR) is 90.4 cm³/mol. The predicted octanol–water partition coefficient (Wildman–Crippen LogP) is 1.70. The van der Waals surface area contributed by atoms with Gasteiger partial charge in [0.15, 0.2) is 6.04 Å². The van der Waals surface area contributed by atoms with Crippen LogP contribution in [0.2, 0.25) is 0 Å². The molecule has 160 valence electrons. The Morgan fingerprint density at radius 1 is 1.21 bits per heavy atom. The monoisotopic (exact) mass is 422 g/mol. The van der Waals surface area contributed by atoms with E-state index in [4.69, 9.17) is 4.74 Å². The fraction of sp³-hybridized carbons (Fsp3) is 0.438. The van der Waals surface area contributed by atoms with Gasteiger partial charge < -0.3 is 19.3 Å². The molecule has 0 aromatic heterocycles. The van der Waals surface area contributed by atoms with Crippen LogP contribution in [0.15, 0.2) is 24.3 Å². The summed E-state index contributed by atoms with van der Waals surface area (Å²) in [4.78, 5) is 45.3. The molecule has 1 amide bonds. The number of carbonyl (C=O) groups excluding carboxylic acids is 3. The molecule has 1 unspecified atom stereocenters. The van der Waals surface area contributed by atoms with E-state index in [0.717, 1.165) is 12.1 Å². The molecule has 0 spiro atoms. The Hall–Kier alpha value is -3.22. The number of nitro groups is 1. The Balaban J connectivity index is 3.10. The number of benzene rings is 1. The van der Waals surface area contributed by atoms with Crippen LogP contribution in [-0.2, 0) is 19.1 Å². The topological polar surface area (TPSA) is 125 Å². The van der Waals surface area contributed by atoms with Gasteiger partial charge in [0, 0.05) is 6.07 Å². The van der Waals surface area contributed by atoms with Crippen LogP contribution in [0.4, 0.5) is 23.7 Å². The number of amides is 1. The number of hydrogen-bond acceptors (Lipinski definition) is 7. The van der Waals surface area contributed by atoms with Crippen molar-refractivity contribution in [2.45, 2.75) is 12.2 Å². The lowest BCUT2D eigenvalue weighted by molar-refractivity contribution is -0.870. The van der Waals surface area contributed by atoms with Crippen LogP contribution in [-0.4, -0.2) is 67.9 Å². The van der Waals surface area contributed by atoms with E-state index >= 15 is 0 Å². The molecular weight excluding hydrogens is 403 g/mol. The second kappa shape index (κ2) is 9.32. The molecule has 0 saturated heterocycles. The number of ether oxygens (including phenoxy) is 2. The summed E-state index contributed by atoms with van der Waals surface area (Å²) in [6.45, 7) is 0.246. The first kappa shape index (κ1) is 23.8. The quantitative estimate of drug-likeness (QED) is 0.233. The summed E-state index contributed by atoms with van der Waals surface area (Å²) in [7, 11) is 5.41. The lowest BCUT2D eigenvalue weighted by Gasteiger charge is -2.23.